The van der Waals surface area contributed by atoms with Gasteiger partial charge in [0.2, 0.25) is 0 Å². The van der Waals surface area contributed by atoms with Crippen LogP contribution in [0.5, 0.6) is 0 Å². The molecule has 0 spiro atoms. The highest BCUT2D eigenvalue weighted by Crippen LogP contribution is 2.16. The van der Waals surface area contributed by atoms with E-state index in [4.69, 9.17) is 0 Å². The van der Waals surface area contributed by atoms with E-state index in [-0.39, 0.29) is 23.9 Å². The molecule has 1 atom stereocenters. The molecular formula is C18H18N4O2. The van der Waals surface area contributed by atoms with Gasteiger partial charge >= 0.3 is 5.69 Å². The molecule has 122 valence electrons. The molecule has 0 aliphatic rings. The summed E-state index contributed by atoms with van der Waals surface area (Å²) in [5.41, 5.74) is 1.35. The second-order valence-corrected chi connectivity index (χ2v) is 5.48. The molecule has 0 aliphatic heterocycles. The lowest BCUT2D eigenvalue weighted by molar-refractivity contribution is 0.0966. The number of nitrogens with one attached hydrogen (secondary N) is 3. The maximum atomic E-state index is 12.5. The van der Waals surface area contributed by atoms with E-state index in [1.54, 1.807) is 12.1 Å². The summed E-state index contributed by atoms with van der Waals surface area (Å²) in [6.45, 7) is 0.572. The molecule has 0 amide bonds. The Labute approximate surface area is 138 Å². The largest absolute Gasteiger partial charge is 0.340 e. The zero-order chi connectivity index (χ0) is 16.8. The predicted molar refractivity (Wildman–Crippen MR) is 90.6 cm³/mol. The first-order chi connectivity index (χ1) is 11.7. The van der Waals surface area contributed by atoms with Gasteiger partial charge in [0.25, 0.3) is 0 Å². The third kappa shape index (κ3) is 4.05. The van der Waals surface area contributed by atoms with Crippen molar-refractivity contribution < 1.29 is 4.79 Å². The minimum absolute atomic E-state index is 0.00925. The number of rotatable bonds is 7. The van der Waals surface area contributed by atoms with E-state index in [2.05, 4.69) is 20.5 Å². The molecule has 3 N–H and O–H groups in total. The van der Waals surface area contributed by atoms with Crippen LogP contribution in [-0.4, -0.2) is 21.0 Å². The Morgan fingerprint density at radius 2 is 1.71 bits per heavy atom. The molecule has 1 heterocycles. The highest BCUT2D eigenvalue weighted by Gasteiger charge is 2.19. The molecule has 3 aromatic rings. The monoisotopic (exact) mass is 322 g/mol. The lowest BCUT2D eigenvalue weighted by Crippen LogP contribution is -2.25. The predicted octanol–water partition coefficient (Wildman–Crippen LogP) is 2.20. The number of ketones is 1. The first-order valence-electron chi connectivity index (χ1n) is 7.72. The van der Waals surface area contributed by atoms with E-state index in [1.807, 2.05) is 48.5 Å². The Bertz CT molecular complexity index is 840. The Morgan fingerprint density at radius 3 is 2.33 bits per heavy atom. The van der Waals surface area contributed by atoms with Gasteiger partial charge in [-0.25, -0.2) is 9.89 Å². The number of hydrogen-bond acceptors (Lipinski definition) is 4. The minimum atomic E-state index is -0.385. The van der Waals surface area contributed by atoms with Crippen molar-refractivity contribution in [1.82, 2.24) is 20.5 Å². The van der Waals surface area contributed by atoms with E-state index in [1.165, 1.54) is 0 Å². The number of carbonyl (C=O) groups is 1. The maximum absolute atomic E-state index is 12.5. The van der Waals surface area contributed by atoms with Gasteiger partial charge in [0.05, 0.1) is 6.04 Å². The van der Waals surface area contributed by atoms with Crippen molar-refractivity contribution in [1.29, 1.82) is 0 Å². The molecule has 0 saturated carbocycles. The Morgan fingerprint density at radius 1 is 1.04 bits per heavy atom. The number of hydrogen-bond donors (Lipinski definition) is 3. The number of benzene rings is 2. The minimum Gasteiger partial charge on any atom is -0.303 e. The van der Waals surface area contributed by atoms with Crippen LogP contribution >= 0.6 is 0 Å². The molecule has 1 aromatic heterocycles. The van der Waals surface area contributed by atoms with E-state index in [0.717, 1.165) is 5.56 Å². The fourth-order valence-electron chi connectivity index (χ4n) is 2.48. The Hall–Kier alpha value is -2.99. The summed E-state index contributed by atoms with van der Waals surface area (Å²) in [5, 5.41) is 9.61. The molecule has 3 rings (SSSR count). The summed E-state index contributed by atoms with van der Waals surface area (Å²) in [7, 11) is 0. The molecule has 6 heteroatoms. The van der Waals surface area contributed by atoms with Crippen LogP contribution in [0.4, 0.5) is 0 Å². The van der Waals surface area contributed by atoms with Crippen LogP contribution in [0, 0.1) is 0 Å². The first kappa shape index (κ1) is 15.9. The van der Waals surface area contributed by atoms with Gasteiger partial charge in [-0.15, -0.1) is 0 Å². The van der Waals surface area contributed by atoms with Crippen molar-refractivity contribution in [2.75, 3.05) is 0 Å². The number of nitrogens with zero attached hydrogens (tertiary/aromatic N) is 1. The normalized spacial score (nSPS) is 12.0. The summed E-state index contributed by atoms with van der Waals surface area (Å²) >= 11 is 0. The van der Waals surface area contributed by atoms with Gasteiger partial charge in [0, 0.05) is 18.5 Å². The van der Waals surface area contributed by atoms with Crippen molar-refractivity contribution in [3.8, 4) is 0 Å². The van der Waals surface area contributed by atoms with Crippen molar-refractivity contribution >= 4 is 5.78 Å². The average Bonchev–Trinajstić information content (AvgIpc) is 3.06. The summed E-state index contributed by atoms with van der Waals surface area (Å²) in [6, 6.07) is 18.6. The fraction of sp³-hybridized carbons (Fsp3) is 0.167. The number of H-pyrrole nitrogens is 2. The topological polar surface area (TPSA) is 90.6 Å². The van der Waals surface area contributed by atoms with Gasteiger partial charge in [0.1, 0.15) is 5.82 Å². The second-order valence-electron chi connectivity index (χ2n) is 5.48. The van der Waals surface area contributed by atoms with Gasteiger partial charge in [-0.05, 0) is 5.56 Å². The Kier molecular flexibility index (Phi) is 4.98. The molecule has 0 radical (unpaired) electrons. The second kappa shape index (κ2) is 7.52. The van der Waals surface area contributed by atoms with Crippen molar-refractivity contribution in [3.05, 3.63) is 88.1 Å². The van der Waals surface area contributed by atoms with Gasteiger partial charge in [0.15, 0.2) is 5.78 Å². The summed E-state index contributed by atoms with van der Waals surface area (Å²) in [5.74, 6) is 0.422. The van der Waals surface area contributed by atoms with Crippen molar-refractivity contribution in [3.63, 3.8) is 0 Å². The van der Waals surface area contributed by atoms with Crippen LogP contribution in [0.1, 0.15) is 34.2 Å². The van der Waals surface area contributed by atoms with Crippen LogP contribution in [0.25, 0.3) is 0 Å². The molecule has 1 unspecified atom stereocenters. The molecule has 0 fully saturated rings. The highest BCUT2D eigenvalue weighted by molar-refractivity contribution is 5.96. The van der Waals surface area contributed by atoms with E-state index in [9.17, 15) is 9.59 Å². The first-order valence-corrected chi connectivity index (χ1v) is 7.72. The van der Waals surface area contributed by atoms with Crippen LogP contribution in [0.2, 0.25) is 0 Å². The number of Topliss-reactive ketones (excluding diaryl/α,β-unsaturated/α-hetero) is 1. The van der Waals surface area contributed by atoms with Gasteiger partial charge < -0.3 is 5.32 Å². The summed E-state index contributed by atoms with van der Waals surface area (Å²) < 4.78 is 0. The van der Waals surface area contributed by atoms with Gasteiger partial charge in [-0.2, -0.15) is 5.10 Å². The maximum Gasteiger partial charge on any atom is 0.340 e. The molecular weight excluding hydrogens is 304 g/mol. The van der Waals surface area contributed by atoms with Crippen molar-refractivity contribution in [2.24, 2.45) is 0 Å². The lowest BCUT2D eigenvalue weighted by atomic mass is 10.0. The molecule has 6 nitrogen and oxygen atoms in total. The van der Waals surface area contributed by atoms with Crippen LogP contribution in [-0.2, 0) is 6.54 Å². The molecule has 2 aromatic carbocycles. The molecule has 0 bridgehead atoms. The fourth-order valence-corrected chi connectivity index (χ4v) is 2.48. The summed E-state index contributed by atoms with van der Waals surface area (Å²) in [4.78, 5) is 26.4. The zero-order valence-electron chi connectivity index (χ0n) is 13.0. The standard InChI is InChI=1S/C18H18N4O2/c23-16(14-9-5-2-6-10-14)11-15(17-20-18(24)22-21-17)19-12-13-7-3-1-4-8-13/h1-10,15,19H,11-12H2,(H2,20,21,22,24). The quantitative estimate of drug-likeness (QED) is 0.582. The smallest absolute Gasteiger partial charge is 0.303 e. The third-order valence-corrected chi connectivity index (χ3v) is 3.73. The number of carbonyl (C=O) groups excluding carboxylic acids is 1. The number of aromatic nitrogens is 3. The SMILES string of the molecule is O=C(CC(NCc1ccccc1)c1n[nH]c(=O)[nH]1)c1ccccc1. The van der Waals surface area contributed by atoms with Crippen LogP contribution in [0.3, 0.4) is 0 Å². The zero-order valence-corrected chi connectivity index (χ0v) is 13.0. The van der Waals surface area contributed by atoms with Crippen molar-refractivity contribution in [2.45, 2.75) is 19.0 Å². The highest BCUT2D eigenvalue weighted by atomic mass is 16.1. The molecule has 0 saturated heterocycles. The van der Waals surface area contributed by atoms with E-state index >= 15 is 0 Å². The van der Waals surface area contributed by atoms with E-state index < -0.39 is 0 Å². The molecule has 0 aliphatic carbocycles. The van der Waals surface area contributed by atoms with Gasteiger partial charge in [-0.3, -0.25) is 9.78 Å². The van der Waals surface area contributed by atoms with E-state index in [0.29, 0.717) is 17.9 Å². The molecule has 24 heavy (non-hydrogen) atoms. The average molecular weight is 322 g/mol. The van der Waals surface area contributed by atoms with Crippen LogP contribution in [0.15, 0.2) is 65.5 Å². The lowest BCUT2D eigenvalue weighted by Gasteiger charge is -2.15. The number of aromatic amines is 2. The summed E-state index contributed by atoms with van der Waals surface area (Å²) in [6.07, 6.45) is 0.206. The third-order valence-electron chi connectivity index (χ3n) is 3.73. The van der Waals surface area contributed by atoms with Gasteiger partial charge in [-0.1, -0.05) is 60.7 Å². The van der Waals surface area contributed by atoms with Crippen LogP contribution < -0.4 is 11.0 Å². The Balaban J connectivity index is 1.75.